The van der Waals surface area contributed by atoms with Gasteiger partial charge in [-0.15, -0.1) is 0 Å². The van der Waals surface area contributed by atoms with Crippen molar-refractivity contribution in [3.63, 3.8) is 0 Å². The molecule has 3 nitrogen and oxygen atoms in total. The summed E-state index contributed by atoms with van der Waals surface area (Å²) in [5, 5.41) is 2.56. The molecule has 0 radical (unpaired) electrons. The summed E-state index contributed by atoms with van der Waals surface area (Å²) in [5.74, 6) is 1.49. The Morgan fingerprint density at radius 1 is 1.24 bits per heavy atom. The molecule has 3 rings (SSSR count). The predicted octanol–water partition coefficient (Wildman–Crippen LogP) is 3.19. The van der Waals surface area contributed by atoms with Crippen LogP contribution in [0.5, 0.6) is 5.75 Å². The number of ether oxygens (including phenoxy) is 1. The first-order valence-electron chi connectivity index (χ1n) is 7.79. The average molecular weight is 284 g/mol. The van der Waals surface area contributed by atoms with E-state index in [-0.39, 0.29) is 0 Å². The van der Waals surface area contributed by atoms with Crippen molar-refractivity contribution in [3.05, 3.63) is 42.0 Å². The number of hydrogen-bond acceptors (Lipinski definition) is 3. The van der Waals surface area contributed by atoms with Gasteiger partial charge in [0.2, 0.25) is 0 Å². The fourth-order valence-electron chi connectivity index (χ4n) is 3.71. The summed E-state index contributed by atoms with van der Waals surface area (Å²) in [6, 6.07) is 13.2. The van der Waals surface area contributed by atoms with Crippen molar-refractivity contribution in [1.29, 1.82) is 0 Å². The van der Waals surface area contributed by atoms with E-state index in [4.69, 9.17) is 10.5 Å². The second kappa shape index (κ2) is 6.04. The molecule has 21 heavy (non-hydrogen) atoms. The highest BCUT2D eigenvalue weighted by Gasteiger charge is 2.36. The molecule has 0 aromatic heterocycles. The van der Waals surface area contributed by atoms with Gasteiger partial charge in [0.05, 0.1) is 7.11 Å². The molecule has 2 N–H and O–H groups in total. The first kappa shape index (κ1) is 14.4. The summed E-state index contributed by atoms with van der Waals surface area (Å²) in [6.07, 6.45) is 1.17. The maximum Gasteiger partial charge on any atom is 0.124 e. The molecule has 1 aliphatic rings. The standard InChI is InChI=1S/C18H24N2O/c1-3-20-11-10-14(12-19)18(20)17-15-7-5-4-6-13(15)8-9-16(17)21-2/h4-9,14,18H,3,10-12,19H2,1-2H3. The zero-order chi connectivity index (χ0) is 14.8. The van der Waals surface area contributed by atoms with Crippen LogP contribution < -0.4 is 10.5 Å². The van der Waals surface area contributed by atoms with E-state index in [9.17, 15) is 0 Å². The van der Waals surface area contributed by atoms with Gasteiger partial charge in [0.1, 0.15) is 5.75 Å². The van der Waals surface area contributed by atoms with Gasteiger partial charge in [-0.25, -0.2) is 0 Å². The van der Waals surface area contributed by atoms with Crippen molar-refractivity contribution < 1.29 is 4.74 Å². The number of fused-ring (bicyclic) bond motifs is 1. The third-order valence-electron chi connectivity index (χ3n) is 4.78. The number of methoxy groups -OCH3 is 1. The summed E-state index contributed by atoms with van der Waals surface area (Å²) < 4.78 is 5.68. The maximum atomic E-state index is 6.05. The number of nitrogens with two attached hydrogens (primary N) is 1. The Morgan fingerprint density at radius 3 is 2.76 bits per heavy atom. The van der Waals surface area contributed by atoms with Gasteiger partial charge in [-0.3, -0.25) is 4.90 Å². The van der Waals surface area contributed by atoms with Crippen molar-refractivity contribution >= 4 is 10.8 Å². The van der Waals surface area contributed by atoms with E-state index < -0.39 is 0 Å². The fourth-order valence-corrected chi connectivity index (χ4v) is 3.71. The number of rotatable bonds is 4. The molecule has 3 heteroatoms. The molecule has 1 saturated heterocycles. The SMILES string of the molecule is CCN1CCC(CN)C1c1c(OC)ccc2ccccc12. The van der Waals surface area contributed by atoms with E-state index in [1.807, 2.05) is 0 Å². The first-order valence-corrected chi connectivity index (χ1v) is 7.79. The third kappa shape index (κ3) is 2.41. The molecule has 1 fully saturated rings. The van der Waals surface area contributed by atoms with Gasteiger partial charge in [0.15, 0.2) is 0 Å². The Morgan fingerprint density at radius 2 is 2.05 bits per heavy atom. The summed E-state index contributed by atoms with van der Waals surface area (Å²) >= 11 is 0. The van der Waals surface area contributed by atoms with Crippen molar-refractivity contribution in [2.75, 3.05) is 26.7 Å². The second-order valence-corrected chi connectivity index (χ2v) is 5.76. The van der Waals surface area contributed by atoms with Crippen LogP contribution in [-0.4, -0.2) is 31.6 Å². The van der Waals surface area contributed by atoms with Crippen LogP contribution in [0.15, 0.2) is 36.4 Å². The van der Waals surface area contributed by atoms with Gasteiger partial charge < -0.3 is 10.5 Å². The monoisotopic (exact) mass is 284 g/mol. The number of likely N-dealkylation sites (tertiary alicyclic amines) is 1. The Hall–Kier alpha value is -1.58. The molecule has 0 saturated carbocycles. The van der Waals surface area contributed by atoms with Gasteiger partial charge in [0.25, 0.3) is 0 Å². The normalized spacial score (nSPS) is 22.8. The number of benzene rings is 2. The molecule has 2 aromatic rings. The highest BCUT2D eigenvalue weighted by Crippen LogP contribution is 2.43. The fraction of sp³-hybridized carbons (Fsp3) is 0.444. The smallest absolute Gasteiger partial charge is 0.124 e. The minimum atomic E-state index is 0.362. The highest BCUT2D eigenvalue weighted by atomic mass is 16.5. The molecule has 112 valence electrons. The zero-order valence-corrected chi connectivity index (χ0v) is 12.9. The van der Waals surface area contributed by atoms with E-state index in [2.05, 4.69) is 48.2 Å². The molecule has 0 bridgehead atoms. The van der Waals surface area contributed by atoms with E-state index in [1.54, 1.807) is 7.11 Å². The molecule has 2 unspecified atom stereocenters. The predicted molar refractivity (Wildman–Crippen MR) is 87.6 cm³/mol. The topological polar surface area (TPSA) is 38.5 Å². The van der Waals surface area contributed by atoms with E-state index >= 15 is 0 Å². The Kier molecular flexibility index (Phi) is 4.13. The molecule has 0 aliphatic carbocycles. The minimum Gasteiger partial charge on any atom is -0.496 e. The molecular formula is C18H24N2O. The Bertz CT molecular complexity index is 614. The molecule has 0 amide bonds. The summed E-state index contributed by atoms with van der Waals surface area (Å²) in [6.45, 7) is 5.12. The second-order valence-electron chi connectivity index (χ2n) is 5.76. The van der Waals surface area contributed by atoms with Crippen molar-refractivity contribution in [1.82, 2.24) is 4.90 Å². The van der Waals surface area contributed by atoms with Crippen LogP contribution in [0.25, 0.3) is 10.8 Å². The molecule has 1 heterocycles. The maximum absolute atomic E-state index is 6.05. The zero-order valence-electron chi connectivity index (χ0n) is 12.9. The molecule has 1 aliphatic heterocycles. The van der Waals surface area contributed by atoms with Crippen molar-refractivity contribution in [3.8, 4) is 5.75 Å². The Labute approximate surface area is 126 Å². The molecule has 2 aromatic carbocycles. The van der Waals surface area contributed by atoms with Gasteiger partial charge in [0, 0.05) is 11.6 Å². The largest absolute Gasteiger partial charge is 0.496 e. The lowest BCUT2D eigenvalue weighted by atomic mass is 9.89. The first-order chi connectivity index (χ1) is 10.3. The number of nitrogens with zero attached hydrogens (tertiary/aromatic N) is 1. The van der Waals surface area contributed by atoms with Gasteiger partial charge in [-0.05, 0) is 48.8 Å². The van der Waals surface area contributed by atoms with Gasteiger partial charge in [-0.2, -0.15) is 0 Å². The van der Waals surface area contributed by atoms with Crippen LogP contribution in [0.4, 0.5) is 0 Å². The quantitative estimate of drug-likeness (QED) is 0.937. The summed E-state index contributed by atoms with van der Waals surface area (Å²) in [5.41, 5.74) is 7.36. The van der Waals surface area contributed by atoms with Crippen molar-refractivity contribution in [2.45, 2.75) is 19.4 Å². The molecule has 2 atom stereocenters. The van der Waals surface area contributed by atoms with Crippen molar-refractivity contribution in [2.24, 2.45) is 11.7 Å². The van der Waals surface area contributed by atoms with Gasteiger partial charge >= 0.3 is 0 Å². The van der Waals surface area contributed by atoms with Crippen LogP contribution in [0, 0.1) is 5.92 Å². The Balaban J connectivity index is 2.21. The van der Waals surface area contributed by atoms with Crippen LogP contribution in [0.2, 0.25) is 0 Å². The van der Waals surface area contributed by atoms with E-state index in [0.29, 0.717) is 12.0 Å². The summed E-state index contributed by atoms with van der Waals surface area (Å²) in [7, 11) is 1.76. The number of hydrogen-bond donors (Lipinski definition) is 1. The summed E-state index contributed by atoms with van der Waals surface area (Å²) in [4.78, 5) is 2.53. The minimum absolute atomic E-state index is 0.362. The average Bonchev–Trinajstić information content (AvgIpc) is 2.96. The lowest BCUT2D eigenvalue weighted by Crippen LogP contribution is -2.28. The lowest BCUT2D eigenvalue weighted by molar-refractivity contribution is 0.237. The lowest BCUT2D eigenvalue weighted by Gasteiger charge is -2.29. The molecule has 0 spiro atoms. The van der Waals surface area contributed by atoms with E-state index in [1.165, 1.54) is 22.8 Å². The highest BCUT2D eigenvalue weighted by molar-refractivity contribution is 5.88. The third-order valence-corrected chi connectivity index (χ3v) is 4.78. The van der Waals surface area contributed by atoms with Gasteiger partial charge in [-0.1, -0.05) is 37.3 Å². The van der Waals surface area contributed by atoms with Crippen LogP contribution >= 0.6 is 0 Å². The van der Waals surface area contributed by atoms with Crippen LogP contribution in [0.3, 0.4) is 0 Å². The van der Waals surface area contributed by atoms with E-state index in [0.717, 1.165) is 25.4 Å². The van der Waals surface area contributed by atoms with Crippen LogP contribution in [0.1, 0.15) is 24.9 Å². The van der Waals surface area contributed by atoms with Crippen LogP contribution in [-0.2, 0) is 0 Å². The molecular weight excluding hydrogens is 260 g/mol.